The number of nitrogens with one attached hydrogen (secondary N) is 1. The highest BCUT2D eigenvalue weighted by Gasteiger charge is 2.05. The molecule has 0 saturated heterocycles. The second kappa shape index (κ2) is 7.17. The predicted octanol–water partition coefficient (Wildman–Crippen LogP) is 1.80. The zero-order valence-electron chi connectivity index (χ0n) is 9.40. The maximum absolute atomic E-state index is 11.5. The van der Waals surface area contributed by atoms with Crippen LogP contribution in [0.25, 0.3) is 0 Å². The zero-order valence-corrected chi connectivity index (χ0v) is 10.2. The summed E-state index contributed by atoms with van der Waals surface area (Å²) in [5.74, 6) is 1.20. The average Bonchev–Trinajstić information content (AvgIpc) is 2.28. The van der Waals surface area contributed by atoms with E-state index in [1.807, 2.05) is 12.3 Å². The molecule has 2 N–H and O–H groups in total. The van der Waals surface area contributed by atoms with Gasteiger partial charge in [-0.2, -0.15) is 11.8 Å². The minimum atomic E-state index is -0.0393. The van der Waals surface area contributed by atoms with E-state index in [4.69, 9.17) is 0 Å². The second-order valence-electron chi connectivity index (χ2n) is 3.50. The number of para-hydroxylation sites is 1. The third-order valence-electron chi connectivity index (χ3n) is 2.19. The monoisotopic (exact) mass is 239 g/mol. The van der Waals surface area contributed by atoms with Gasteiger partial charge in [0, 0.05) is 12.1 Å². The highest BCUT2D eigenvalue weighted by molar-refractivity contribution is 7.98. The van der Waals surface area contributed by atoms with E-state index in [0.717, 1.165) is 12.2 Å². The van der Waals surface area contributed by atoms with E-state index in [1.165, 1.54) is 0 Å². The summed E-state index contributed by atoms with van der Waals surface area (Å²) in [5, 5.41) is 12.3. The number of benzene rings is 1. The lowest BCUT2D eigenvalue weighted by molar-refractivity contribution is -0.120. The molecule has 4 heteroatoms. The molecule has 16 heavy (non-hydrogen) atoms. The van der Waals surface area contributed by atoms with E-state index in [9.17, 15) is 9.90 Å². The summed E-state index contributed by atoms with van der Waals surface area (Å²) in [7, 11) is 0. The van der Waals surface area contributed by atoms with Crippen molar-refractivity contribution in [1.82, 2.24) is 5.32 Å². The van der Waals surface area contributed by atoms with Crippen LogP contribution in [0.5, 0.6) is 5.75 Å². The van der Waals surface area contributed by atoms with Gasteiger partial charge in [-0.05, 0) is 24.5 Å². The summed E-state index contributed by atoms with van der Waals surface area (Å²) in [6, 6.07) is 6.92. The predicted molar refractivity (Wildman–Crippen MR) is 67.8 cm³/mol. The van der Waals surface area contributed by atoms with Crippen molar-refractivity contribution < 1.29 is 9.90 Å². The molecule has 0 aromatic heterocycles. The van der Waals surface area contributed by atoms with Gasteiger partial charge in [0.05, 0.1) is 6.42 Å². The Kier molecular flexibility index (Phi) is 5.78. The van der Waals surface area contributed by atoms with E-state index < -0.39 is 0 Å². The number of thioether (sulfide) groups is 1. The highest BCUT2D eigenvalue weighted by Crippen LogP contribution is 2.15. The van der Waals surface area contributed by atoms with E-state index in [0.29, 0.717) is 12.1 Å². The van der Waals surface area contributed by atoms with E-state index in [2.05, 4.69) is 5.32 Å². The molecule has 0 heterocycles. The minimum Gasteiger partial charge on any atom is -0.508 e. The van der Waals surface area contributed by atoms with Crippen LogP contribution in [0.4, 0.5) is 0 Å². The van der Waals surface area contributed by atoms with Crippen molar-refractivity contribution in [2.24, 2.45) is 0 Å². The third-order valence-corrected chi connectivity index (χ3v) is 2.89. The largest absolute Gasteiger partial charge is 0.508 e. The molecule has 0 saturated carbocycles. The maximum Gasteiger partial charge on any atom is 0.224 e. The number of hydrogen-bond acceptors (Lipinski definition) is 3. The Morgan fingerprint density at radius 1 is 1.44 bits per heavy atom. The van der Waals surface area contributed by atoms with Crippen molar-refractivity contribution in [3.63, 3.8) is 0 Å². The first kappa shape index (κ1) is 12.9. The van der Waals surface area contributed by atoms with Crippen molar-refractivity contribution in [3.8, 4) is 5.75 Å². The summed E-state index contributed by atoms with van der Waals surface area (Å²) >= 11 is 1.77. The molecule has 0 radical (unpaired) electrons. The molecule has 88 valence electrons. The first-order valence-electron chi connectivity index (χ1n) is 5.26. The fourth-order valence-corrected chi connectivity index (χ4v) is 1.77. The molecule has 1 rings (SSSR count). The van der Waals surface area contributed by atoms with Gasteiger partial charge in [-0.3, -0.25) is 4.79 Å². The lowest BCUT2D eigenvalue weighted by Gasteiger charge is -2.05. The van der Waals surface area contributed by atoms with E-state index in [-0.39, 0.29) is 18.1 Å². The fraction of sp³-hybridized carbons (Fsp3) is 0.417. The molecule has 1 amide bonds. The maximum atomic E-state index is 11.5. The molecule has 0 atom stereocenters. The number of hydrogen-bond donors (Lipinski definition) is 2. The number of phenolic OH excluding ortho intramolecular Hbond substituents is 1. The van der Waals surface area contributed by atoms with Crippen LogP contribution in [-0.2, 0) is 11.2 Å². The fourth-order valence-electron chi connectivity index (χ4n) is 1.34. The molecule has 0 fully saturated rings. The smallest absolute Gasteiger partial charge is 0.224 e. The van der Waals surface area contributed by atoms with Gasteiger partial charge in [-0.1, -0.05) is 18.2 Å². The van der Waals surface area contributed by atoms with Crippen molar-refractivity contribution in [1.29, 1.82) is 0 Å². The molecule has 0 unspecified atom stereocenters. The van der Waals surface area contributed by atoms with E-state index >= 15 is 0 Å². The Labute approximate surface area is 100 Å². The Balaban J connectivity index is 2.32. The number of carbonyl (C=O) groups excluding carboxylic acids is 1. The van der Waals surface area contributed by atoms with Crippen molar-refractivity contribution in [2.75, 3.05) is 18.6 Å². The van der Waals surface area contributed by atoms with Crippen LogP contribution < -0.4 is 5.32 Å². The van der Waals surface area contributed by atoms with Gasteiger partial charge in [0.2, 0.25) is 5.91 Å². The van der Waals surface area contributed by atoms with Crippen LogP contribution >= 0.6 is 11.8 Å². The number of aromatic hydroxyl groups is 1. The molecule has 0 aliphatic rings. The average molecular weight is 239 g/mol. The molecule has 0 bridgehead atoms. The molecule has 0 aliphatic heterocycles. The lowest BCUT2D eigenvalue weighted by atomic mass is 10.1. The molecule has 3 nitrogen and oxygen atoms in total. The standard InChI is InChI=1S/C12H17NO2S/c1-16-8-4-7-13-12(15)9-10-5-2-3-6-11(10)14/h2-3,5-6,14H,4,7-9H2,1H3,(H,13,15). The summed E-state index contributed by atoms with van der Waals surface area (Å²) in [4.78, 5) is 11.5. The zero-order chi connectivity index (χ0) is 11.8. The Morgan fingerprint density at radius 3 is 2.88 bits per heavy atom. The van der Waals surface area contributed by atoms with E-state index in [1.54, 1.807) is 30.0 Å². The van der Waals surface area contributed by atoms with Crippen LogP contribution in [0.2, 0.25) is 0 Å². The lowest BCUT2D eigenvalue weighted by Crippen LogP contribution is -2.26. The molecule has 1 aromatic rings. The number of phenols is 1. The number of amides is 1. The first-order chi connectivity index (χ1) is 7.74. The second-order valence-corrected chi connectivity index (χ2v) is 4.49. The van der Waals surface area contributed by atoms with Crippen LogP contribution in [-0.4, -0.2) is 29.6 Å². The Hall–Kier alpha value is -1.16. The number of carbonyl (C=O) groups is 1. The molecular formula is C12H17NO2S. The van der Waals surface area contributed by atoms with Gasteiger partial charge >= 0.3 is 0 Å². The summed E-state index contributed by atoms with van der Waals surface area (Å²) in [6.07, 6.45) is 3.27. The van der Waals surface area contributed by atoms with Gasteiger partial charge in [-0.15, -0.1) is 0 Å². The van der Waals surface area contributed by atoms with Gasteiger partial charge in [0.25, 0.3) is 0 Å². The van der Waals surface area contributed by atoms with Gasteiger partial charge in [0.1, 0.15) is 5.75 Å². The minimum absolute atomic E-state index is 0.0393. The molecule has 0 aliphatic carbocycles. The topological polar surface area (TPSA) is 49.3 Å². The highest BCUT2D eigenvalue weighted by atomic mass is 32.2. The Morgan fingerprint density at radius 2 is 2.19 bits per heavy atom. The van der Waals surface area contributed by atoms with Gasteiger partial charge < -0.3 is 10.4 Å². The summed E-state index contributed by atoms with van der Waals surface area (Å²) in [5.41, 5.74) is 0.671. The van der Waals surface area contributed by atoms with Gasteiger partial charge in [-0.25, -0.2) is 0 Å². The normalized spacial score (nSPS) is 10.1. The van der Waals surface area contributed by atoms with Crippen molar-refractivity contribution in [3.05, 3.63) is 29.8 Å². The molecular weight excluding hydrogens is 222 g/mol. The van der Waals surface area contributed by atoms with Crippen LogP contribution in [0.1, 0.15) is 12.0 Å². The summed E-state index contributed by atoms with van der Waals surface area (Å²) < 4.78 is 0. The Bertz CT molecular complexity index is 342. The first-order valence-corrected chi connectivity index (χ1v) is 6.66. The van der Waals surface area contributed by atoms with Gasteiger partial charge in [0.15, 0.2) is 0 Å². The SMILES string of the molecule is CSCCCNC(=O)Cc1ccccc1O. The molecule has 0 spiro atoms. The number of rotatable bonds is 6. The van der Waals surface area contributed by atoms with Crippen LogP contribution in [0.3, 0.4) is 0 Å². The quantitative estimate of drug-likeness (QED) is 0.744. The van der Waals surface area contributed by atoms with Crippen molar-refractivity contribution >= 4 is 17.7 Å². The summed E-state index contributed by atoms with van der Waals surface area (Å²) in [6.45, 7) is 0.702. The third kappa shape index (κ3) is 4.57. The van der Waals surface area contributed by atoms with Crippen molar-refractivity contribution in [2.45, 2.75) is 12.8 Å². The molecule has 1 aromatic carbocycles. The van der Waals surface area contributed by atoms with Crippen LogP contribution in [0, 0.1) is 0 Å². The van der Waals surface area contributed by atoms with Crippen LogP contribution in [0.15, 0.2) is 24.3 Å².